The van der Waals surface area contributed by atoms with Crippen molar-refractivity contribution in [1.82, 2.24) is 4.90 Å². The molecule has 0 aromatic heterocycles. The fourth-order valence-electron chi connectivity index (χ4n) is 2.47. The van der Waals surface area contributed by atoms with Crippen molar-refractivity contribution in [1.29, 1.82) is 0 Å². The van der Waals surface area contributed by atoms with Gasteiger partial charge in [-0.2, -0.15) is 0 Å². The lowest BCUT2D eigenvalue weighted by Crippen LogP contribution is -2.43. The van der Waals surface area contributed by atoms with Crippen molar-refractivity contribution in [3.63, 3.8) is 0 Å². The van der Waals surface area contributed by atoms with E-state index < -0.39 is 23.1 Å². The Hall–Kier alpha value is -1.49. The molecule has 1 aromatic rings. The third-order valence-corrected chi connectivity index (χ3v) is 3.41. The lowest BCUT2D eigenvalue weighted by molar-refractivity contribution is -0.146. The lowest BCUT2D eigenvalue weighted by Gasteiger charge is -2.24. The zero-order valence-corrected chi connectivity index (χ0v) is 11.0. The molecule has 0 spiro atoms. The SMILES string of the molecule is CC(C)(O)C(=O)N1CCC(c2c(F)cccc2F)C1. The van der Waals surface area contributed by atoms with E-state index in [9.17, 15) is 18.7 Å². The maximum Gasteiger partial charge on any atom is 0.253 e. The van der Waals surface area contributed by atoms with Crippen molar-refractivity contribution in [2.75, 3.05) is 13.1 Å². The highest BCUT2D eigenvalue weighted by molar-refractivity contribution is 5.84. The first-order valence-corrected chi connectivity index (χ1v) is 6.26. The average molecular weight is 269 g/mol. The molecule has 1 amide bonds. The summed E-state index contributed by atoms with van der Waals surface area (Å²) in [4.78, 5) is 13.4. The third kappa shape index (κ3) is 2.76. The van der Waals surface area contributed by atoms with Crippen LogP contribution in [-0.2, 0) is 4.79 Å². The lowest BCUT2D eigenvalue weighted by atomic mass is 9.97. The average Bonchev–Trinajstić information content (AvgIpc) is 2.75. The van der Waals surface area contributed by atoms with E-state index in [2.05, 4.69) is 0 Å². The first-order chi connectivity index (χ1) is 8.80. The predicted molar refractivity (Wildman–Crippen MR) is 66.6 cm³/mol. The van der Waals surface area contributed by atoms with Gasteiger partial charge in [0.05, 0.1) is 0 Å². The highest BCUT2D eigenvalue weighted by atomic mass is 19.1. The van der Waals surface area contributed by atoms with E-state index >= 15 is 0 Å². The van der Waals surface area contributed by atoms with Crippen LogP contribution in [-0.4, -0.2) is 34.6 Å². The molecule has 0 radical (unpaired) electrons. The molecule has 1 unspecified atom stereocenters. The maximum atomic E-state index is 13.7. The fraction of sp³-hybridized carbons (Fsp3) is 0.500. The molecule has 19 heavy (non-hydrogen) atoms. The number of aliphatic hydroxyl groups is 1. The summed E-state index contributed by atoms with van der Waals surface area (Å²) in [5.41, 5.74) is -1.42. The molecule has 0 bridgehead atoms. The highest BCUT2D eigenvalue weighted by Gasteiger charge is 2.36. The molecule has 1 aliphatic heterocycles. The standard InChI is InChI=1S/C14H17F2NO2/c1-14(2,19)13(18)17-7-6-9(8-17)12-10(15)4-3-5-11(12)16/h3-5,9,19H,6-8H2,1-2H3. The van der Waals surface area contributed by atoms with Crippen LogP contribution in [0.2, 0.25) is 0 Å². The number of rotatable bonds is 2. The Bertz CT molecular complexity index is 476. The number of halogens is 2. The van der Waals surface area contributed by atoms with Crippen LogP contribution in [0.4, 0.5) is 8.78 Å². The molecule has 2 rings (SSSR count). The molecule has 104 valence electrons. The van der Waals surface area contributed by atoms with Crippen LogP contribution in [0.1, 0.15) is 31.7 Å². The summed E-state index contributed by atoms with van der Waals surface area (Å²) >= 11 is 0. The first kappa shape index (κ1) is 13.9. The van der Waals surface area contributed by atoms with Crippen molar-refractivity contribution < 1.29 is 18.7 Å². The summed E-state index contributed by atoms with van der Waals surface area (Å²) < 4.78 is 27.3. The molecule has 0 aliphatic carbocycles. The van der Waals surface area contributed by atoms with Gasteiger partial charge in [-0.25, -0.2) is 8.78 Å². The van der Waals surface area contributed by atoms with E-state index in [1.165, 1.54) is 36.9 Å². The van der Waals surface area contributed by atoms with Gasteiger partial charge in [0.15, 0.2) is 0 Å². The van der Waals surface area contributed by atoms with Gasteiger partial charge in [-0.3, -0.25) is 4.79 Å². The summed E-state index contributed by atoms with van der Waals surface area (Å²) in [6, 6.07) is 3.76. The van der Waals surface area contributed by atoms with Crippen LogP contribution >= 0.6 is 0 Å². The molecule has 3 nitrogen and oxygen atoms in total. The van der Waals surface area contributed by atoms with E-state index in [-0.39, 0.29) is 18.0 Å². The molecule has 5 heteroatoms. The van der Waals surface area contributed by atoms with Gasteiger partial charge < -0.3 is 10.0 Å². The molecule has 1 aromatic carbocycles. The van der Waals surface area contributed by atoms with Gasteiger partial charge in [0.2, 0.25) is 0 Å². The Labute approximate surface area is 110 Å². The summed E-state index contributed by atoms with van der Waals surface area (Å²) in [7, 11) is 0. The number of hydrogen-bond donors (Lipinski definition) is 1. The molecule has 1 fully saturated rings. The van der Waals surface area contributed by atoms with Crippen LogP contribution in [0, 0.1) is 11.6 Å². The minimum Gasteiger partial charge on any atom is -0.381 e. The van der Waals surface area contributed by atoms with E-state index in [0.717, 1.165) is 0 Å². The van der Waals surface area contributed by atoms with Crippen molar-refractivity contribution >= 4 is 5.91 Å². The number of hydrogen-bond acceptors (Lipinski definition) is 2. The second kappa shape index (κ2) is 4.89. The van der Waals surface area contributed by atoms with Gasteiger partial charge in [0.25, 0.3) is 5.91 Å². The first-order valence-electron chi connectivity index (χ1n) is 6.26. The Balaban J connectivity index is 2.17. The summed E-state index contributed by atoms with van der Waals surface area (Å²) in [5, 5.41) is 9.67. The number of nitrogens with zero attached hydrogens (tertiary/aromatic N) is 1. The third-order valence-electron chi connectivity index (χ3n) is 3.41. The van der Waals surface area contributed by atoms with Crippen LogP contribution < -0.4 is 0 Å². The highest BCUT2D eigenvalue weighted by Crippen LogP contribution is 2.31. The van der Waals surface area contributed by atoms with E-state index in [1.54, 1.807) is 0 Å². The molecule has 1 saturated heterocycles. The second-order valence-electron chi connectivity index (χ2n) is 5.43. The monoisotopic (exact) mass is 269 g/mol. The number of carbonyl (C=O) groups is 1. The van der Waals surface area contributed by atoms with E-state index in [0.29, 0.717) is 13.0 Å². The van der Waals surface area contributed by atoms with Crippen LogP contribution in [0.3, 0.4) is 0 Å². The van der Waals surface area contributed by atoms with Crippen molar-refractivity contribution in [2.45, 2.75) is 31.8 Å². The van der Waals surface area contributed by atoms with Crippen LogP contribution in [0.25, 0.3) is 0 Å². The maximum absolute atomic E-state index is 13.7. The number of likely N-dealkylation sites (tertiary alicyclic amines) is 1. The molecular weight excluding hydrogens is 252 g/mol. The van der Waals surface area contributed by atoms with Crippen LogP contribution in [0.15, 0.2) is 18.2 Å². The number of carbonyl (C=O) groups excluding carboxylic acids is 1. The second-order valence-corrected chi connectivity index (χ2v) is 5.43. The number of amides is 1. The Kier molecular flexibility index (Phi) is 3.58. The van der Waals surface area contributed by atoms with E-state index in [1.807, 2.05) is 0 Å². The summed E-state index contributed by atoms with van der Waals surface area (Å²) in [6.07, 6.45) is 0.500. The summed E-state index contributed by atoms with van der Waals surface area (Å²) in [6.45, 7) is 3.46. The zero-order chi connectivity index (χ0) is 14.2. The molecular formula is C14H17F2NO2. The van der Waals surface area contributed by atoms with Gasteiger partial charge in [-0.1, -0.05) is 6.07 Å². The molecule has 1 atom stereocenters. The fourth-order valence-corrected chi connectivity index (χ4v) is 2.47. The smallest absolute Gasteiger partial charge is 0.253 e. The summed E-state index contributed by atoms with van der Waals surface area (Å²) in [5.74, 6) is -1.93. The number of benzene rings is 1. The molecule has 0 saturated carbocycles. The topological polar surface area (TPSA) is 40.5 Å². The normalized spacial score (nSPS) is 19.8. The van der Waals surface area contributed by atoms with Gasteiger partial charge in [0.1, 0.15) is 17.2 Å². The van der Waals surface area contributed by atoms with Gasteiger partial charge in [-0.15, -0.1) is 0 Å². The molecule has 1 aliphatic rings. The van der Waals surface area contributed by atoms with Crippen molar-refractivity contribution in [3.8, 4) is 0 Å². The molecule has 1 heterocycles. The van der Waals surface area contributed by atoms with E-state index in [4.69, 9.17) is 0 Å². The molecule has 1 N–H and O–H groups in total. The van der Waals surface area contributed by atoms with Crippen molar-refractivity contribution in [2.24, 2.45) is 0 Å². The Morgan fingerprint density at radius 3 is 2.47 bits per heavy atom. The predicted octanol–water partition coefficient (Wildman–Crippen LogP) is 2.05. The largest absolute Gasteiger partial charge is 0.381 e. The van der Waals surface area contributed by atoms with Crippen LogP contribution in [0.5, 0.6) is 0 Å². The minimum atomic E-state index is -1.46. The Morgan fingerprint density at radius 2 is 1.95 bits per heavy atom. The zero-order valence-electron chi connectivity index (χ0n) is 11.0. The van der Waals surface area contributed by atoms with Gasteiger partial charge in [-0.05, 0) is 32.4 Å². The van der Waals surface area contributed by atoms with Crippen molar-refractivity contribution in [3.05, 3.63) is 35.4 Å². The Morgan fingerprint density at radius 1 is 1.37 bits per heavy atom. The van der Waals surface area contributed by atoms with Gasteiger partial charge >= 0.3 is 0 Å². The van der Waals surface area contributed by atoms with Gasteiger partial charge in [0, 0.05) is 24.6 Å². The minimum absolute atomic E-state index is 0.0357. The quantitative estimate of drug-likeness (QED) is 0.892.